The number of methoxy groups -OCH3 is 2. The second kappa shape index (κ2) is 13.3. The first-order chi connectivity index (χ1) is 21.6. The standard InChI is InChI=1S/C32H35F2N5O6/c1-35-21-7-5-20(6-8-21)32(43)13-10-23(11-14-32)38-15-12-22(17-38)36-30(41)39-28(19-4-9-24(33)25(34)16-19)27(29(40)45-3)26(18-44-2)37-31(39)42/h4-9,16,22-23,28,43H,10-15,17-18H2,2-3H3,(H,36,41)(H,37,42)/t22?,23?,28-,32?/m0/s1. The third-order valence-electron chi connectivity index (χ3n) is 8.89. The van der Waals surface area contributed by atoms with Gasteiger partial charge in [0.15, 0.2) is 17.3 Å². The van der Waals surface area contributed by atoms with E-state index in [0.717, 1.165) is 42.5 Å². The second-order valence-electron chi connectivity index (χ2n) is 11.5. The fourth-order valence-electron chi connectivity index (χ4n) is 6.54. The highest BCUT2D eigenvalue weighted by Crippen LogP contribution is 2.40. The molecule has 1 saturated carbocycles. The van der Waals surface area contributed by atoms with Crippen LogP contribution in [0.15, 0.2) is 53.7 Å². The van der Waals surface area contributed by atoms with E-state index in [-0.39, 0.29) is 35.5 Å². The lowest BCUT2D eigenvalue weighted by atomic mass is 9.77. The Hall–Kier alpha value is -4.38. The van der Waals surface area contributed by atoms with E-state index >= 15 is 0 Å². The molecule has 11 nitrogen and oxygen atoms in total. The number of esters is 1. The first-order valence-electron chi connectivity index (χ1n) is 14.7. The van der Waals surface area contributed by atoms with E-state index in [1.165, 1.54) is 13.2 Å². The van der Waals surface area contributed by atoms with E-state index in [2.05, 4.69) is 20.4 Å². The number of ether oxygens (including phenoxy) is 2. The maximum Gasteiger partial charge on any atom is 0.338 e. The van der Waals surface area contributed by atoms with Crippen molar-refractivity contribution < 1.29 is 37.7 Å². The predicted octanol–water partition coefficient (Wildman–Crippen LogP) is 4.27. The molecule has 0 bridgehead atoms. The van der Waals surface area contributed by atoms with Crippen molar-refractivity contribution in [1.82, 2.24) is 20.4 Å². The second-order valence-corrected chi connectivity index (χ2v) is 11.5. The van der Waals surface area contributed by atoms with Gasteiger partial charge in [-0.05, 0) is 55.4 Å². The molecule has 2 heterocycles. The lowest BCUT2D eigenvalue weighted by Gasteiger charge is -2.40. The number of nitrogens with one attached hydrogen (secondary N) is 2. The zero-order valence-corrected chi connectivity index (χ0v) is 25.0. The number of likely N-dealkylation sites (tertiary alicyclic amines) is 1. The van der Waals surface area contributed by atoms with Gasteiger partial charge in [-0.1, -0.05) is 30.3 Å². The minimum Gasteiger partial charge on any atom is -0.466 e. The summed E-state index contributed by atoms with van der Waals surface area (Å²) in [5.74, 6) is -3.20. The van der Waals surface area contributed by atoms with Crippen molar-refractivity contribution in [2.24, 2.45) is 0 Å². The molecule has 2 atom stereocenters. The summed E-state index contributed by atoms with van der Waals surface area (Å²) in [4.78, 5) is 46.4. The molecule has 1 saturated heterocycles. The van der Waals surface area contributed by atoms with Crippen molar-refractivity contribution in [2.45, 2.75) is 55.8 Å². The minimum atomic E-state index is -1.41. The molecule has 3 aliphatic rings. The van der Waals surface area contributed by atoms with Crippen LogP contribution in [-0.2, 0) is 19.9 Å². The van der Waals surface area contributed by atoms with Crippen LogP contribution in [0.1, 0.15) is 49.3 Å². The average molecular weight is 624 g/mol. The smallest absolute Gasteiger partial charge is 0.338 e. The van der Waals surface area contributed by atoms with Gasteiger partial charge in [-0.15, -0.1) is 0 Å². The summed E-state index contributed by atoms with van der Waals surface area (Å²) >= 11 is 0. The molecule has 0 radical (unpaired) electrons. The van der Waals surface area contributed by atoms with E-state index in [1.54, 1.807) is 24.3 Å². The zero-order chi connectivity index (χ0) is 32.3. The molecule has 0 spiro atoms. The highest BCUT2D eigenvalue weighted by atomic mass is 19.2. The fraction of sp³-hybridized carbons (Fsp3) is 0.438. The van der Waals surface area contributed by atoms with Gasteiger partial charge >= 0.3 is 18.0 Å². The molecule has 2 aromatic carbocycles. The Bertz CT molecular complexity index is 1530. The number of benzene rings is 2. The van der Waals surface area contributed by atoms with Crippen LogP contribution in [0.25, 0.3) is 4.85 Å². The Morgan fingerprint density at radius 1 is 1.11 bits per heavy atom. The van der Waals surface area contributed by atoms with E-state index in [4.69, 9.17) is 16.0 Å². The molecule has 4 amide bonds. The summed E-state index contributed by atoms with van der Waals surface area (Å²) in [5, 5.41) is 16.7. The monoisotopic (exact) mass is 623 g/mol. The van der Waals surface area contributed by atoms with E-state index in [0.29, 0.717) is 38.0 Å². The number of nitrogens with zero attached hydrogens (tertiary/aromatic N) is 3. The summed E-state index contributed by atoms with van der Waals surface area (Å²) in [6.07, 6.45) is 3.19. The Labute approximate surface area is 259 Å². The van der Waals surface area contributed by atoms with Gasteiger partial charge in [-0.3, -0.25) is 4.90 Å². The molecule has 3 N–H and O–H groups in total. The van der Waals surface area contributed by atoms with Crippen LogP contribution < -0.4 is 10.6 Å². The molecule has 5 rings (SSSR count). The highest BCUT2D eigenvalue weighted by molar-refractivity contribution is 6.01. The number of carbonyl (C=O) groups is 3. The van der Waals surface area contributed by atoms with Gasteiger partial charge < -0.3 is 25.2 Å². The van der Waals surface area contributed by atoms with Gasteiger partial charge in [0.05, 0.1) is 37.2 Å². The molecule has 2 aromatic rings. The minimum absolute atomic E-state index is 0.000581. The first kappa shape index (κ1) is 32.0. The molecule has 2 fully saturated rings. The van der Waals surface area contributed by atoms with Crippen molar-refractivity contribution in [3.63, 3.8) is 0 Å². The highest BCUT2D eigenvalue weighted by Gasteiger charge is 2.44. The molecule has 13 heteroatoms. The molecule has 238 valence electrons. The number of hydrogen-bond donors (Lipinski definition) is 3. The molecule has 2 aliphatic heterocycles. The maximum absolute atomic E-state index is 14.4. The van der Waals surface area contributed by atoms with Crippen molar-refractivity contribution in [3.05, 3.63) is 87.9 Å². The Morgan fingerprint density at radius 2 is 1.82 bits per heavy atom. The summed E-state index contributed by atoms with van der Waals surface area (Å²) in [7, 11) is 2.49. The number of rotatable bonds is 7. The third kappa shape index (κ3) is 6.54. The van der Waals surface area contributed by atoms with Crippen LogP contribution in [0.3, 0.4) is 0 Å². The number of aliphatic hydroxyl groups is 1. The number of amides is 4. The Balaban J connectivity index is 1.30. The van der Waals surface area contributed by atoms with Crippen molar-refractivity contribution in [3.8, 4) is 0 Å². The SMILES string of the molecule is [C-]#[N+]c1ccc(C2(O)CCC(N3CCC(NC(=O)N4C(=O)NC(COC)=C(C(=O)OC)[C@@H]4c4ccc(F)c(F)c4)C3)CC2)cc1. The van der Waals surface area contributed by atoms with Gasteiger partial charge in [0.25, 0.3) is 0 Å². The van der Waals surface area contributed by atoms with Crippen LogP contribution in [0.5, 0.6) is 0 Å². The molecule has 1 unspecified atom stereocenters. The lowest BCUT2D eigenvalue weighted by Crippen LogP contribution is -2.57. The summed E-state index contributed by atoms with van der Waals surface area (Å²) in [6.45, 7) is 8.13. The molecular formula is C32H35F2N5O6. The lowest BCUT2D eigenvalue weighted by molar-refractivity contribution is -0.137. The van der Waals surface area contributed by atoms with Crippen molar-refractivity contribution >= 4 is 23.7 Å². The quantitative estimate of drug-likeness (QED) is 0.311. The number of halogens is 2. The summed E-state index contributed by atoms with van der Waals surface area (Å²) < 4.78 is 38.3. The Morgan fingerprint density at radius 3 is 2.44 bits per heavy atom. The normalized spacial score (nSPS) is 25.5. The van der Waals surface area contributed by atoms with Gasteiger partial charge in [0, 0.05) is 32.3 Å². The van der Waals surface area contributed by atoms with Crippen LogP contribution in [0, 0.1) is 18.2 Å². The molecule has 1 aliphatic carbocycles. The number of hydrogen-bond acceptors (Lipinski definition) is 7. The summed E-state index contributed by atoms with van der Waals surface area (Å²) in [6, 6.07) is 6.70. The van der Waals surface area contributed by atoms with Gasteiger partial charge in [0.2, 0.25) is 0 Å². The van der Waals surface area contributed by atoms with Crippen molar-refractivity contribution in [2.75, 3.05) is 33.9 Å². The molecule has 45 heavy (non-hydrogen) atoms. The van der Waals surface area contributed by atoms with Crippen LogP contribution >= 0.6 is 0 Å². The zero-order valence-electron chi connectivity index (χ0n) is 25.0. The average Bonchev–Trinajstić information content (AvgIpc) is 3.50. The molecular weight excluding hydrogens is 588 g/mol. The fourth-order valence-corrected chi connectivity index (χ4v) is 6.54. The largest absolute Gasteiger partial charge is 0.466 e. The van der Waals surface area contributed by atoms with E-state index in [1.807, 2.05) is 0 Å². The summed E-state index contributed by atoms with van der Waals surface area (Å²) in [5.41, 5.74) is 0.246. The van der Waals surface area contributed by atoms with Crippen LogP contribution in [0.4, 0.5) is 24.1 Å². The molecule has 0 aromatic heterocycles. The topological polar surface area (TPSA) is 125 Å². The first-order valence-corrected chi connectivity index (χ1v) is 14.7. The van der Waals surface area contributed by atoms with Crippen molar-refractivity contribution in [1.29, 1.82) is 0 Å². The van der Waals surface area contributed by atoms with Crippen LogP contribution in [0.2, 0.25) is 0 Å². The predicted molar refractivity (Wildman–Crippen MR) is 158 cm³/mol. The number of urea groups is 2. The van der Waals surface area contributed by atoms with E-state index < -0.39 is 41.3 Å². The Kier molecular flexibility index (Phi) is 9.48. The number of imide groups is 1. The van der Waals surface area contributed by atoms with Gasteiger partial charge in [-0.25, -0.2) is 32.9 Å². The number of carbonyl (C=O) groups excluding carboxylic acids is 3. The maximum atomic E-state index is 14.4. The van der Waals surface area contributed by atoms with Crippen LogP contribution in [-0.4, -0.2) is 78.9 Å². The van der Waals surface area contributed by atoms with E-state index in [9.17, 15) is 28.3 Å². The van der Waals surface area contributed by atoms with Gasteiger partial charge in [0.1, 0.15) is 6.04 Å². The van der Waals surface area contributed by atoms with Gasteiger partial charge in [-0.2, -0.15) is 0 Å². The third-order valence-corrected chi connectivity index (χ3v) is 8.89.